The standard InChI is InChI=1S/C19H15N5O3/c25-18(21-12-4-2-1-3-5-12)22-13-6-8-14(9-7-13)27-15-10-11-20-17-16(15)23-19(26)24-17/h1-11H,(H2,21,22,25)(H2,20,23,24,26). The van der Waals surface area contributed by atoms with E-state index in [1.165, 1.54) is 0 Å². The lowest BCUT2D eigenvalue weighted by molar-refractivity contribution is 0.262. The maximum absolute atomic E-state index is 12.0. The minimum Gasteiger partial charge on any atom is -0.455 e. The number of para-hydroxylation sites is 1. The Morgan fingerprint density at radius 1 is 0.889 bits per heavy atom. The molecule has 0 bridgehead atoms. The van der Waals surface area contributed by atoms with E-state index in [4.69, 9.17) is 4.74 Å². The summed E-state index contributed by atoms with van der Waals surface area (Å²) in [7, 11) is 0. The monoisotopic (exact) mass is 361 g/mol. The van der Waals surface area contributed by atoms with Gasteiger partial charge in [-0.05, 0) is 36.4 Å². The van der Waals surface area contributed by atoms with Crippen LogP contribution in [-0.2, 0) is 0 Å². The number of ether oxygens (including phenoxy) is 1. The van der Waals surface area contributed by atoms with E-state index < -0.39 is 0 Å². The van der Waals surface area contributed by atoms with Crippen LogP contribution in [-0.4, -0.2) is 21.0 Å². The zero-order valence-corrected chi connectivity index (χ0v) is 14.0. The van der Waals surface area contributed by atoms with E-state index in [0.717, 1.165) is 0 Å². The molecule has 0 saturated heterocycles. The molecule has 0 radical (unpaired) electrons. The van der Waals surface area contributed by atoms with Crippen LogP contribution in [0.15, 0.2) is 71.7 Å². The van der Waals surface area contributed by atoms with Gasteiger partial charge in [0.05, 0.1) is 0 Å². The summed E-state index contributed by atoms with van der Waals surface area (Å²) in [5.74, 6) is 1.03. The molecule has 0 fully saturated rings. The molecule has 0 unspecified atom stereocenters. The summed E-state index contributed by atoms with van der Waals surface area (Å²) in [4.78, 5) is 32.7. The van der Waals surface area contributed by atoms with Crippen molar-refractivity contribution in [2.24, 2.45) is 0 Å². The second-order valence-corrected chi connectivity index (χ2v) is 5.68. The molecule has 2 amide bonds. The number of carbonyl (C=O) groups is 1. The number of amides is 2. The largest absolute Gasteiger partial charge is 0.455 e. The Kier molecular flexibility index (Phi) is 4.28. The number of urea groups is 1. The Morgan fingerprint density at radius 2 is 1.59 bits per heavy atom. The zero-order valence-electron chi connectivity index (χ0n) is 14.0. The van der Waals surface area contributed by atoms with Crippen LogP contribution in [0.4, 0.5) is 16.2 Å². The van der Waals surface area contributed by atoms with Crippen LogP contribution in [0.1, 0.15) is 0 Å². The average molecular weight is 361 g/mol. The van der Waals surface area contributed by atoms with Gasteiger partial charge in [-0.15, -0.1) is 0 Å². The molecule has 8 nitrogen and oxygen atoms in total. The Bertz CT molecular complexity index is 1130. The van der Waals surface area contributed by atoms with E-state index in [1.807, 2.05) is 18.2 Å². The first-order chi connectivity index (χ1) is 13.2. The third-order valence-corrected chi connectivity index (χ3v) is 3.75. The van der Waals surface area contributed by atoms with E-state index >= 15 is 0 Å². The fraction of sp³-hybridized carbons (Fsp3) is 0. The number of aromatic amines is 2. The number of hydrogen-bond acceptors (Lipinski definition) is 4. The number of fused-ring (bicyclic) bond motifs is 1. The molecule has 0 saturated carbocycles. The topological polar surface area (TPSA) is 112 Å². The Morgan fingerprint density at radius 3 is 2.33 bits per heavy atom. The van der Waals surface area contributed by atoms with Gasteiger partial charge < -0.3 is 20.4 Å². The van der Waals surface area contributed by atoms with Crippen LogP contribution in [0.5, 0.6) is 11.5 Å². The first kappa shape index (κ1) is 16.4. The molecule has 0 atom stereocenters. The molecule has 0 aliphatic carbocycles. The molecule has 134 valence electrons. The van der Waals surface area contributed by atoms with Gasteiger partial charge in [0.25, 0.3) is 0 Å². The Hall–Kier alpha value is -4.07. The smallest absolute Gasteiger partial charge is 0.325 e. The molecular weight excluding hydrogens is 346 g/mol. The lowest BCUT2D eigenvalue weighted by Crippen LogP contribution is -2.19. The summed E-state index contributed by atoms with van der Waals surface area (Å²) >= 11 is 0. The summed E-state index contributed by atoms with van der Waals surface area (Å²) in [5, 5.41) is 5.49. The second kappa shape index (κ2) is 7.04. The summed E-state index contributed by atoms with van der Waals surface area (Å²) in [6, 6.07) is 17.4. The lowest BCUT2D eigenvalue weighted by atomic mass is 10.3. The van der Waals surface area contributed by atoms with Crippen LogP contribution in [0.3, 0.4) is 0 Å². The quantitative estimate of drug-likeness (QED) is 0.444. The summed E-state index contributed by atoms with van der Waals surface area (Å²) < 4.78 is 5.80. The summed E-state index contributed by atoms with van der Waals surface area (Å²) in [5.41, 5.74) is 1.89. The average Bonchev–Trinajstić information content (AvgIpc) is 3.05. The number of carbonyl (C=O) groups excluding carboxylic acids is 1. The number of nitrogens with zero attached hydrogens (tertiary/aromatic N) is 1. The number of pyridine rings is 1. The number of aromatic nitrogens is 3. The highest BCUT2D eigenvalue weighted by molar-refractivity contribution is 5.99. The van der Waals surface area contributed by atoms with Crippen molar-refractivity contribution in [3.8, 4) is 11.5 Å². The highest BCUT2D eigenvalue weighted by Crippen LogP contribution is 2.27. The van der Waals surface area contributed by atoms with E-state index in [-0.39, 0.29) is 11.7 Å². The molecule has 8 heteroatoms. The molecule has 0 aliphatic heterocycles. The molecule has 2 heterocycles. The predicted octanol–water partition coefficient (Wildman–Crippen LogP) is 3.69. The van der Waals surface area contributed by atoms with Crippen LogP contribution in [0.25, 0.3) is 11.2 Å². The molecule has 0 aliphatic rings. The van der Waals surface area contributed by atoms with Crippen LogP contribution < -0.4 is 21.1 Å². The second-order valence-electron chi connectivity index (χ2n) is 5.68. The van der Waals surface area contributed by atoms with E-state index in [2.05, 4.69) is 25.6 Å². The van der Waals surface area contributed by atoms with Crippen molar-refractivity contribution in [2.75, 3.05) is 10.6 Å². The van der Waals surface area contributed by atoms with Crippen LogP contribution >= 0.6 is 0 Å². The van der Waals surface area contributed by atoms with E-state index in [9.17, 15) is 9.59 Å². The maximum Gasteiger partial charge on any atom is 0.325 e. The van der Waals surface area contributed by atoms with Crippen molar-refractivity contribution in [3.05, 3.63) is 77.3 Å². The van der Waals surface area contributed by atoms with Gasteiger partial charge in [-0.3, -0.25) is 4.98 Å². The Labute approximate surface area is 153 Å². The zero-order chi connectivity index (χ0) is 18.6. The minimum atomic E-state index is -0.350. The van der Waals surface area contributed by atoms with Crippen LogP contribution in [0.2, 0.25) is 0 Å². The maximum atomic E-state index is 12.0. The summed E-state index contributed by atoms with van der Waals surface area (Å²) in [6.07, 6.45) is 1.55. The number of anilines is 2. The molecule has 4 N–H and O–H groups in total. The summed E-state index contributed by atoms with van der Waals surface area (Å²) in [6.45, 7) is 0. The molecule has 4 aromatic rings. The highest BCUT2D eigenvalue weighted by atomic mass is 16.5. The molecular formula is C19H15N5O3. The number of hydrogen-bond donors (Lipinski definition) is 4. The molecule has 2 aromatic carbocycles. The molecule has 27 heavy (non-hydrogen) atoms. The SMILES string of the molecule is O=C(Nc1ccccc1)Nc1ccc(Oc2ccnc3[nH]c(=O)[nH]c23)cc1. The predicted molar refractivity (Wildman–Crippen MR) is 102 cm³/mol. The number of H-pyrrole nitrogens is 2. The Balaban J connectivity index is 1.44. The van der Waals surface area contributed by atoms with Gasteiger partial charge in [-0.1, -0.05) is 18.2 Å². The molecule has 2 aromatic heterocycles. The third kappa shape index (κ3) is 3.79. The van der Waals surface area contributed by atoms with Crippen molar-refractivity contribution in [3.63, 3.8) is 0 Å². The number of benzene rings is 2. The van der Waals surface area contributed by atoms with Gasteiger partial charge in [0.2, 0.25) is 0 Å². The van der Waals surface area contributed by atoms with E-state index in [1.54, 1.807) is 48.7 Å². The van der Waals surface area contributed by atoms with Gasteiger partial charge in [-0.25, -0.2) is 14.6 Å². The van der Waals surface area contributed by atoms with Crippen molar-refractivity contribution in [1.29, 1.82) is 0 Å². The van der Waals surface area contributed by atoms with Crippen molar-refractivity contribution >= 4 is 28.6 Å². The third-order valence-electron chi connectivity index (χ3n) is 3.75. The van der Waals surface area contributed by atoms with Crippen molar-refractivity contribution in [1.82, 2.24) is 15.0 Å². The van der Waals surface area contributed by atoms with Gasteiger partial charge in [0.15, 0.2) is 11.4 Å². The van der Waals surface area contributed by atoms with Crippen molar-refractivity contribution < 1.29 is 9.53 Å². The van der Waals surface area contributed by atoms with Gasteiger partial charge in [0, 0.05) is 23.6 Å². The fourth-order valence-electron chi connectivity index (χ4n) is 2.55. The number of nitrogens with one attached hydrogen (secondary N) is 4. The van der Waals surface area contributed by atoms with E-state index in [0.29, 0.717) is 34.0 Å². The normalized spacial score (nSPS) is 10.5. The van der Waals surface area contributed by atoms with Gasteiger partial charge >= 0.3 is 11.7 Å². The highest BCUT2D eigenvalue weighted by Gasteiger charge is 2.08. The molecule has 0 spiro atoms. The minimum absolute atomic E-state index is 0.337. The van der Waals surface area contributed by atoms with Gasteiger partial charge in [-0.2, -0.15) is 0 Å². The van der Waals surface area contributed by atoms with Gasteiger partial charge in [0.1, 0.15) is 11.3 Å². The first-order valence-corrected chi connectivity index (χ1v) is 8.15. The first-order valence-electron chi connectivity index (χ1n) is 8.15. The lowest BCUT2D eigenvalue weighted by Gasteiger charge is -2.09. The number of rotatable bonds is 4. The fourth-order valence-corrected chi connectivity index (χ4v) is 2.55. The number of imidazole rings is 1. The molecule has 4 rings (SSSR count). The van der Waals surface area contributed by atoms with Crippen molar-refractivity contribution in [2.45, 2.75) is 0 Å². The van der Waals surface area contributed by atoms with Crippen LogP contribution in [0, 0.1) is 0 Å².